The molecule has 10 heteroatoms. The highest BCUT2D eigenvalue weighted by Gasteiger charge is 2.14. The van der Waals surface area contributed by atoms with E-state index in [9.17, 15) is 14.0 Å². The summed E-state index contributed by atoms with van der Waals surface area (Å²) in [4.78, 5) is 29.0. The summed E-state index contributed by atoms with van der Waals surface area (Å²) in [6.07, 6.45) is 1.26. The molecular weight excluding hydrogens is 381 g/mol. The summed E-state index contributed by atoms with van der Waals surface area (Å²) in [7, 11) is 3.00. The molecule has 0 aliphatic carbocycles. The van der Waals surface area contributed by atoms with Gasteiger partial charge in [0.05, 0.1) is 19.7 Å². The number of benzene rings is 2. The van der Waals surface area contributed by atoms with Crippen LogP contribution < -0.4 is 20.5 Å². The Kier molecular flexibility index (Phi) is 4.59. The summed E-state index contributed by atoms with van der Waals surface area (Å²) in [5.74, 6) is 0.0920. The van der Waals surface area contributed by atoms with Crippen LogP contribution in [-0.2, 0) is 11.3 Å². The monoisotopic (exact) mass is 397 g/mol. The van der Waals surface area contributed by atoms with E-state index in [2.05, 4.69) is 15.4 Å². The van der Waals surface area contributed by atoms with Crippen molar-refractivity contribution in [2.45, 2.75) is 6.54 Å². The maximum Gasteiger partial charge on any atom is 0.352 e. The number of rotatable bonds is 5. The van der Waals surface area contributed by atoms with Crippen molar-refractivity contribution in [1.29, 1.82) is 0 Å². The zero-order chi connectivity index (χ0) is 20.5. The Morgan fingerprint density at radius 1 is 1.14 bits per heavy atom. The third-order valence-corrected chi connectivity index (χ3v) is 4.34. The molecule has 1 amide bonds. The van der Waals surface area contributed by atoms with E-state index in [1.807, 2.05) is 0 Å². The van der Waals surface area contributed by atoms with E-state index < -0.39 is 17.4 Å². The van der Waals surface area contributed by atoms with Gasteiger partial charge in [-0.05, 0) is 24.3 Å². The molecule has 0 fully saturated rings. The summed E-state index contributed by atoms with van der Waals surface area (Å²) in [6.45, 7) is -0.308. The zero-order valence-electron chi connectivity index (χ0n) is 15.5. The number of aromatic nitrogens is 4. The van der Waals surface area contributed by atoms with E-state index in [-0.39, 0.29) is 6.54 Å². The minimum Gasteiger partial charge on any atom is -0.493 e. The van der Waals surface area contributed by atoms with Crippen molar-refractivity contribution in [3.63, 3.8) is 0 Å². The van der Waals surface area contributed by atoms with Crippen molar-refractivity contribution in [2.24, 2.45) is 0 Å². The smallest absolute Gasteiger partial charge is 0.352 e. The maximum absolute atomic E-state index is 13.4. The van der Waals surface area contributed by atoms with Gasteiger partial charge >= 0.3 is 5.69 Å². The molecule has 2 heterocycles. The third kappa shape index (κ3) is 3.35. The first-order chi connectivity index (χ1) is 14.0. The summed E-state index contributed by atoms with van der Waals surface area (Å²) < 4.78 is 26.0. The number of halogens is 1. The minimum absolute atomic E-state index is 0.291. The van der Waals surface area contributed by atoms with Crippen LogP contribution in [0.1, 0.15) is 0 Å². The van der Waals surface area contributed by atoms with Crippen molar-refractivity contribution in [3.05, 3.63) is 59.0 Å². The molecule has 0 aliphatic heterocycles. The lowest BCUT2D eigenvalue weighted by molar-refractivity contribution is -0.117. The number of nitrogens with zero attached hydrogens (tertiary/aromatic N) is 4. The van der Waals surface area contributed by atoms with Crippen molar-refractivity contribution >= 4 is 28.1 Å². The molecular formula is C19H16FN5O4. The van der Waals surface area contributed by atoms with Crippen LogP contribution in [-0.4, -0.2) is 39.3 Å². The van der Waals surface area contributed by atoms with Gasteiger partial charge in [-0.1, -0.05) is 0 Å². The third-order valence-electron chi connectivity index (χ3n) is 4.34. The van der Waals surface area contributed by atoms with Gasteiger partial charge < -0.3 is 14.8 Å². The van der Waals surface area contributed by atoms with E-state index in [4.69, 9.17) is 9.47 Å². The summed E-state index contributed by atoms with van der Waals surface area (Å²) in [5, 5.41) is 7.40. The second-order valence-corrected chi connectivity index (χ2v) is 6.16. The van der Waals surface area contributed by atoms with Crippen molar-refractivity contribution < 1.29 is 18.7 Å². The van der Waals surface area contributed by atoms with Gasteiger partial charge in [0.15, 0.2) is 17.1 Å². The molecule has 0 atom stereocenters. The minimum atomic E-state index is -0.527. The van der Waals surface area contributed by atoms with Crippen LogP contribution in [0.5, 0.6) is 11.5 Å². The Bertz CT molecular complexity index is 1300. The highest BCUT2D eigenvalue weighted by Crippen LogP contribution is 2.29. The molecule has 0 radical (unpaired) electrons. The Morgan fingerprint density at radius 3 is 2.69 bits per heavy atom. The Labute approximate surface area is 163 Å². The zero-order valence-corrected chi connectivity index (χ0v) is 15.5. The van der Waals surface area contributed by atoms with Gasteiger partial charge in [-0.2, -0.15) is 0 Å². The number of carbonyl (C=O) groups excluding carboxylic acids is 1. The molecule has 4 aromatic rings. The molecule has 2 aromatic carbocycles. The van der Waals surface area contributed by atoms with Gasteiger partial charge in [-0.15, -0.1) is 5.10 Å². The topological polar surface area (TPSA) is 99.7 Å². The fourth-order valence-electron chi connectivity index (χ4n) is 2.98. The molecule has 0 saturated heterocycles. The molecule has 0 spiro atoms. The maximum atomic E-state index is 13.4. The predicted molar refractivity (Wildman–Crippen MR) is 103 cm³/mol. The number of amides is 1. The summed E-state index contributed by atoms with van der Waals surface area (Å²) in [5.41, 5.74) is 0.608. The first-order valence-electron chi connectivity index (χ1n) is 8.55. The number of hydrogen-bond acceptors (Lipinski definition) is 6. The highest BCUT2D eigenvalue weighted by atomic mass is 19.1. The lowest BCUT2D eigenvalue weighted by Crippen LogP contribution is -2.28. The molecule has 0 aliphatic rings. The van der Waals surface area contributed by atoms with Gasteiger partial charge in [-0.25, -0.2) is 23.3 Å². The van der Waals surface area contributed by atoms with Crippen LogP contribution >= 0.6 is 0 Å². The van der Waals surface area contributed by atoms with E-state index in [0.717, 1.165) is 4.68 Å². The van der Waals surface area contributed by atoms with Crippen molar-refractivity contribution in [3.8, 4) is 11.5 Å². The molecule has 0 saturated carbocycles. The van der Waals surface area contributed by atoms with E-state index in [1.165, 1.54) is 43.1 Å². The number of ether oxygens (including phenoxy) is 2. The SMILES string of the molecule is COc1ccc(NC(=O)Cn2nc3c4ccc(F)cc4ncn3c2=O)cc1OC. The lowest BCUT2D eigenvalue weighted by Gasteiger charge is -2.10. The van der Waals surface area contributed by atoms with Gasteiger partial charge in [-0.3, -0.25) is 4.79 Å². The predicted octanol–water partition coefficient (Wildman–Crippen LogP) is 1.84. The second-order valence-electron chi connectivity index (χ2n) is 6.16. The average molecular weight is 397 g/mol. The van der Waals surface area contributed by atoms with Crippen LogP contribution in [0.25, 0.3) is 16.6 Å². The number of anilines is 1. The molecule has 2 aromatic heterocycles. The first-order valence-corrected chi connectivity index (χ1v) is 8.55. The molecule has 29 heavy (non-hydrogen) atoms. The van der Waals surface area contributed by atoms with Crippen molar-refractivity contribution in [2.75, 3.05) is 19.5 Å². The number of carbonyl (C=O) groups is 1. The standard InChI is InChI=1S/C19H16FN5O4/c1-28-15-6-4-12(8-16(15)29-2)22-17(26)9-25-19(27)24-10-21-14-7-11(20)3-5-13(14)18(24)23-25/h3-8,10H,9H2,1-2H3,(H,22,26). The number of methoxy groups -OCH3 is 2. The van der Waals surface area contributed by atoms with Crippen LogP contribution in [0.15, 0.2) is 47.5 Å². The van der Waals surface area contributed by atoms with Crippen LogP contribution in [0.3, 0.4) is 0 Å². The highest BCUT2D eigenvalue weighted by molar-refractivity contribution is 5.92. The molecule has 4 rings (SSSR count). The molecule has 148 valence electrons. The van der Waals surface area contributed by atoms with Gasteiger partial charge in [0.1, 0.15) is 18.7 Å². The first kappa shape index (κ1) is 18.4. The van der Waals surface area contributed by atoms with E-state index in [0.29, 0.717) is 33.7 Å². The molecule has 0 unspecified atom stereocenters. The molecule has 9 nitrogen and oxygen atoms in total. The van der Waals surface area contributed by atoms with Crippen LogP contribution in [0.2, 0.25) is 0 Å². The van der Waals surface area contributed by atoms with E-state index >= 15 is 0 Å². The van der Waals surface area contributed by atoms with Crippen LogP contribution in [0.4, 0.5) is 10.1 Å². The van der Waals surface area contributed by atoms with Gasteiger partial charge in [0.25, 0.3) is 0 Å². The average Bonchev–Trinajstić information content (AvgIpc) is 3.03. The van der Waals surface area contributed by atoms with Crippen LogP contribution in [0, 0.1) is 5.82 Å². The summed E-state index contributed by atoms with van der Waals surface area (Å²) in [6, 6.07) is 8.92. The number of nitrogens with one attached hydrogen (secondary N) is 1. The van der Waals surface area contributed by atoms with Gasteiger partial charge in [0.2, 0.25) is 5.91 Å². The van der Waals surface area contributed by atoms with Crippen molar-refractivity contribution in [1.82, 2.24) is 19.2 Å². The summed E-state index contributed by atoms with van der Waals surface area (Å²) >= 11 is 0. The molecule has 0 bridgehead atoms. The largest absolute Gasteiger partial charge is 0.493 e. The number of hydrogen-bond donors (Lipinski definition) is 1. The number of fused-ring (bicyclic) bond motifs is 3. The fourth-order valence-corrected chi connectivity index (χ4v) is 2.98. The Balaban J connectivity index is 1.62. The Hall–Kier alpha value is -3.95. The second kappa shape index (κ2) is 7.23. The van der Waals surface area contributed by atoms with E-state index in [1.54, 1.807) is 18.2 Å². The lowest BCUT2D eigenvalue weighted by atomic mass is 10.2. The molecule has 1 N–H and O–H groups in total. The quantitative estimate of drug-likeness (QED) is 0.552. The Morgan fingerprint density at radius 2 is 1.93 bits per heavy atom. The van der Waals surface area contributed by atoms with Gasteiger partial charge in [0, 0.05) is 23.2 Å². The normalized spacial score (nSPS) is 11.0. The fraction of sp³-hybridized carbons (Fsp3) is 0.158.